The van der Waals surface area contributed by atoms with Crippen molar-refractivity contribution in [1.82, 2.24) is 4.98 Å². The molecule has 2 unspecified atom stereocenters. The predicted octanol–water partition coefficient (Wildman–Crippen LogP) is 2.96. The first-order chi connectivity index (χ1) is 9.28. The Hall–Kier alpha value is -1.10. The van der Waals surface area contributed by atoms with E-state index in [1.165, 1.54) is 5.56 Å². The fraction of sp³-hybridized carbons (Fsp3) is 0.400. The van der Waals surface area contributed by atoms with Crippen molar-refractivity contribution in [3.63, 3.8) is 0 Å². The van der Waals surface area contributed by atoms with Gasteiger partial charge >= 0.3 is 0 Å². The fourth-order valence-electron chi connectivity index (χ4n) is 2.47. The van der Waals surface area contributed by atoms with Crippen LogP contribution in [0.5, 0.6) is 0 Å². The molecule has 0 saturated carbocycles. The van der Waals surface area contributed by atoms with Crippen molar-refractivity contribution < 1.29 is 4.74 Å². The second-order valence-corrected chi connectivity index (χ2v) is 6.12. The Morgan fingerprint density at radius 3 is 3.00 bits per heavy atom. The first kappa shape index (κ1) is 12.9. The Morgan fingerprint density at radius 2 is 2.26 bits per heavy atom. The number of nitrogens with two attached hydrogens (primary N) is 1. The van der Waals surface area contributed by atoms with Crippen LogP contribution in [-0.4, -0.2) is 22.9 Å². The third kappa shape index (κ3) is 2.61. The van der Waals surface area contributed by atoms with E-state index < -0.39 is 0 Å². The third-order valence-corrected chi connectivity index (χ3v) is 4.95. The third-order valence-electron chi connectivity index (χ3n) is 3.58. The van der Waals surface area contributed by atoms with Gasteiger partial charge in [0.1, 0.15) is 0 Å². The van der Waals surface area contributed by atoms with Crippen LogP contribution in [0.4, 0.5) is 0 Å². The first-order valence-electron chi connectivity index (χ1n) is 6.65. The lowest BCUT2D eigenvalue weighted by atomic mass is 10.1. The van der Waals surface area contributed by atoms with Crippen molar-refractivity contribution in [2.75, 3.05) is 6.61 Å². The quantitative estimate of drug-likeness (QED) is 0.935. The van der Waals surface area contributed by atoms with Crippen molar-refractivity contribution in [2.24, 2.45) is 5.73 Å². The van der Waals surface area contributed by atoms with Crippen LogP contribution >= 0.6 is 11.8 Å². The number of thioether (sulfide) groups is 1. The summed E-state index contributed by atoms with van der Waals surface area (Å²) in [5.74, 6) is 0. The fourth-order valence-corrected chi connectivity index (χ4v) is 3.63. The summed E-state index contributed by atoms with van der Waals surface area (Å²) in [7, 11) is 0. The van der Waals surface area contributed by atoms with E-state index in [1.807, 2.05) is 30.0 Å². The molecule has 1 aliphatic heterocycles. The normalized spacial score (nSPS) is 23.1. The second kappa shape index (κ2) is 5.49. The summed E-state index contributed by atoms with van der Waals surface area (Å²) >= 11 is 1.81. The standard InChI is InChI=1S/C15H18N2OS/c1-10-14(6-7-18-10)19-15-8-11(9-16)12-4-2-3-5-13(12)17-15/h2-5,8,10,14H,6-7,9,16H2,1H3. The number of para-hydroxylation sites is 1. The highest BCUT2D eigenvalue weighted by molar-refractivity contribution is 7.99. The van der Waals surface area contributed by atoms with Gasteiger partial charge in [0.25, 0.3) is 0 Å². The summed E-state index contributed by atoms with van der Waals surface area (Å²) in [4.78, 5) is 4.73. The largest absolute Gasteiger partial charge is 0.377 e. The molecule has 3 rings (SSSR count). The Balaban J connectivity index is 1.95. The monoisotopic (exact) mass is 274 g/mol. The minimum absolute atomic E-state index is 0.305. The maximum atomic E-state index is 5.86. The van der Waals surface area contributed by atoms with Gasteiger partial charge in [-0.25, -0.2) is 4.98 Å². The summed E-state index contributed by atoms with van der Waals surface area (Å²) in [6.45, 7) is 3.54. The van der Waals surface area contributed by atoms with E-state index >= 15 is 0 Å². The smallest absolute Gasteiger partial charge is 0.0974 e. The molecule has 1 saturated heterocycles. The van der Waals surface area contributed by atoms with Gasteiger partial charge in [-0.1, -0.05) is 18.2 Å². The number of aromatic nitrogens is 1. The van der Waals surface area contributed by atoms with Gasteiger partial charge in [-0.2, -0.15) is 0 Å². The highest BCUT2D eigenvalue weighted by Crippen LogP contribution is 2.33. The number of fused-ring (bicyclic) bond motifs is 1. The average molecular weight is 274 g/mol. The van der Waals surface area contributed by atoms with Crippen LogP contribution in [0, 0.1) is 0 Å². The van der Waals surface area contributed by atoms with Crippen LogP contribution in [0.1, 0.15) is 18.9 Å². The molecule has 3 nitrogen and oxygen atoms in total. The van der Waals surface area contributed by atoms with Crippen LogP contribution < -0.4 is 5.73 Å². The molecule has 0 amide bonds. The molecule has 0 bridgehead atoms. The van der Waals surface area contributed by atoms with Gasteiger partial charge in [0.15, 0.2) is 0 Å². The van der Waals surface area contributed by atoms with Crippen molar-refractivity contribution in [3.05, 3.63) is 35.9 Å². The predicted molar refractivity (Wildman–Crippen MR) is 79.3 cm³/mol. The minimum Gasteiger partial charge on any atom is -0.377 e. The van der Waals surface area contributed by atoms with Crippen LogP contribution in [0.2, 0.25) is 0 Å². The van der Waals surface area contributed by atoms with E-state index in [2.05, 4.69) is 19.1 Å². The Kier molecular flexibility index (Phi) is 3.73. The minimum atomic E-state index is 0.305. The van der Waals surface area contributed by atoms with Crippen molar-refractivity contribution in [2.45, 2.75) is 36.3 Å². The average Bonchev–Trinajstić information content (AvgIpc) is 2.83. The number of nitrogens with zero attached hydrogens (tertiary/aromatic N) is 1. The molecule has 4 heteroatoms. The zero-order chi connectivity index (χ0) is 13.2. The highest BCUT2D eigenvalue weighted by atomic mass is 32.2. The van der Waals surface area contributed by atoms with Crippen LogP contribution in [-0.2, 0) is 11.3 Å². The lowest BCUT2D eigenvalue weighted by molar-refractivity contribution is 0.127. The molecular formula is C15H18N2OS. The molecule has 1 aromatic carbocycles. The topological polar surface area (TPSA) is 48.1 Å². The van der Waals surface area contributed by atoms with Gasteiger partial charge in [-0.15, -0.1) is 11.8 Å². The molecule has 1 aromatic heterocycles. The maximum Gasteiger partial charge on any atom is 0.0974 e. The van der Waals surface area contributed by atoms with E-state index in [0.29, 0.717) is 17.9 Å². The molecule has 0 spiro atoms. The molecule has 100 valence electrons. The molecule has 0 radical (unpaired) electrons. The van der Waals surface area contributed by atoms with E-state index in [9.17, 15) is 0 Å². The molecule has 2 heterocycles. The van der Waals surface area contributed by atoms with Crippen molar-refractivity contribution in [1.29, 1.82) is 0 Å². The SMILES string of the molecule is CC1OCCC1Sc1cc(CN)c2ccccc2n1. The van der Waals surface area contributed by atoms with E-state index in [0.717, 1.165) is 29.0 Å². The summed E-state index contributed by atoms with van der Waals surface area (Å²) < 4.78 is 5.61. The Labute approximate surface area is 117 Å². The zero-order valence-electron chi connectivity index (χ0n) is 11.0. The molecule has 19 heavy (non-hydrogen) atoms. The summed E-state index contributed by atoms with van der Waals surface area (Å²) in [5.41, 5.74) is 8.05. The van der Waals surface area contributed by atoms with Crippen LogP contribution in [0.15, 0.2) is 35.4 Å². The zero-order valence-corrected chi connectivity index (χ0v) is 11.8. The number of rotatable bonds is 3. The van der Waals surface area contributed by atoms with E-state index in [4.69, 9.17) is 15.5 Å². The molecule has 1 fully saturated rings. The summed E-state index contributed by atoms with van der Waals surface area (Å²) in [6, 6.07) is 10.3. The van der Waals surface area contributed by atoms with Gasteiger partial charge in [0.05, 0.1) is 16.6 Å². The number of pyridine rings is 1. The molecule has 2 N–H and O–H groups in total. The highest BCUT2D eigenvalue weighted by Gasteiger charge is 2.25. The molecule has 2 atom stereocenters. The van der Waals surface area contributed by atoms with Gasteiger partial charge in [-0.05, 0) is 31.0 Å². The van der Waals surface area contributed by atoms with Gasteiger partial charge in [0, 0.05) is 23.8 Å². The lowest BCUT2D eigenvalue weighted by Crippen LogP contribution is -2.13. The van der Waals surface area contributed by atoms with Gasteiger partial charge in [0.2, 0.25) is 0 Å². The number of hydrogen-bond acceptors (Lipinski definition) is 4. The van der Waals surface area contributed by atoms with E-state index in [-0.39, 0.29) is 0 Å². The van der Waals surface area contributed by atoms with Gasteiger partial charge in [-0.3, -0.25) is 0 Å². The van der Waals surface area contributed by atoms with E-state index in [1.54, 1.807) is 0 Å². The van der Waals surface area contributed by atoms with Crippen molar-refractivity contribution >= 4 is 22.7 Å². The number of ether oxygens (including phenoxy) is 1. The molecular weight excluding hydrogens is 256 g/mol. The lowest BCUT2D eigenvalue weighted by Gasteiger charge is -2.14. The van der Waals surface area contributed by atoms with Crippen LogP contribution in [0.3, 0.4) is 0 Å². The van der Waals surface area contributed by atoms with Gasteiger partial charge < -0.3 is 10.5 Å². The molecule has 0 aliphatic carbocycles. The summed E-state index contributed by atoms with van der Waals surface area (Å²) in [5, 5.41) is 2.71. The Morgan fingerprint density at radius 1 is 1.42 bits per heavy atom. The van der Waals surface area contributed by atoms with Crippen molar-refractivity contribution in [3.8, 4) is 0 Å². The Bertz CT molecular complexity index is 587. The number of benzene rings is 1. The number of hydrogen-bond donors (Lipinski definition) is 1. The van der Waals surface area contributed by atoms with Crippen LogP contribution in [0.25, 0.3) is 10.9 Å². The second-order valence-electron chi connectivity index (χ2n) is 4.86. The molecule has 2 aromatic rings. The first-order valence-corrected chi connectivity index (χ1v) is 7.53. The molecule has 1 aliphatic rings. The maximum absolute atomic E-state index is 5.86. The summed E-state index contributed by atoms with van der Waals surface area (Å²) in [6.07, 6.45) is 1.40.